The molecule has 0 unspecified atom stereocenters. The second-order valence-electron chi connectivity index (χ2n) is 3.85. The van der Waals surface area contributed by atoms with E-state index >= 15 is 0 Å². The highest BCUT2D eigenvalue weighted by atomic mass is 16.7. The van der Waals surface area contributed by atoms with Crippen molar-refractivity contribution in [3.63, 3.8) is 0 Å². The van der Waals surface area contributed by atoms with E-state index in [1.165, 1.54) is 0 Å². The van der Waals surface area contributed by atoms with E-state index in [0.717, 1.165) is 18.4 Å². The zero-order valence-corrected chi connectivity index (χ0v) is 7.62. The Bertz CT molecular complexity index is 399. The Kier molecular flexibility index (Phi) is 1.32. The molecule has 1 aromatic carbocycles. The van der Waals surface area contributed by atoms with E-state index in [1.54, 1.807) is 6.07 Å². The fourth-order valence-electron chi connectivity index (χ4n) is 1.76. The molecule has 1 aliphatic heterocycles. The number of nitrogens with two attached hydrogens (primary N) is 1. The fraction of sp³-hybridized carbons (Fsp3) is 0.400. The second-order valence-corrected chi connectivity index (χ2v) is 3.85. The molecule has 4 heteroatoms. The van der Waals surface area contributed by atoms with Crippen molar-refractivity contribution in [2.24, 2.45) is 5.73 Å². The number of rotatable bonds is 1. The monoisotopic (exact) mass is 193 g/mol. The molecule has 2 aliphatic rings. The molecule has 14 heavy (non-hydrogen) atoms. The van der Waals surface area contributed by atoms with Gasteiger partial charge in [-0.15, -0.1) is 0 Å². The molecule has 3 rings (SSSR count). The summed E-state index contributed by atoms with van der Waals surface area (Å²) in [5.74, 6) is 1.16. The number of fused-ring (bicyclic) bond motifs is 1. The van der Waals surface area contributed by atoms with Crippen LogP contribution in [0.15, 0.2) is 12.1 Å². The lowest BCUT2D eigenvalue weighted by Gasteiger charge is -2.12. The summed E-state index contributed by atoms with van der Waals surface area (Å²) in [5, 5.41) is 9.90. The smallest absolute Gasteiger partial charge is 0.231 e. The molecule has 1 saturated carbocycles. The lowest BCUT2D eigenvalue weighted by Crippen LogP contribution is -2.18. The van der Waals surface area contributed by atoms with Gasteiger partial charge in [0.25, 0.3) is 0 Å². The summed E-state index contributed by atoms with van der Waals surface area (Å²) in [5.41, 5.74) is 6.43. The molecule has 4 nitrogen and oxygen atoms in total. The van der Waals surface area contributed by atoms with Gasteiger partial charge in [-0.1, -0.05) is 0 Å². The largest absolute Gasteiger partial charge is 0.504 e. The fourth-order valence-corrected chi connectivity index (χ4v) is 1.76. The first-order valence-electron chi connectivity index (χ1n) is 4.62. The molecule has 0 radical (unpaired) electrons. The first-order chi connectivity index (χ1) is 6.71. The predicted octanol–water partition coefficient (Wildman–Crippen LogP) is 1.07. The molecule has 0 aromatic heterocycles. The third-order valence-corrected chi connectivity index (χ3v) is 2.84. The van der Waals surface area contributed by atoms with Crippen LogP contribution < -0.4 is 15.2 Å². The molecular weight excluding hydrogens is 182 g/mol. The topological polar surface area (TPSA) is 64.7 Å². The highest BCUT2D eigenvalue weighted by molar-refractivity contribution is 5.58. The number of hydrogen-bond acceptors (Lipinski definition) is 4. The predicted molar refractivity (Wildman–Crippen MR) is 49.3 cm³/mol. The van der Waals surface area contributed by atoms with Crippen LogP contribution in [0.25, 0.3) is 0 Å². The number of benzene rings is 1. The van der Waals surface area contributed by atoms with Crippen molar-refractivity contribution < 1.29 is 14.6 Å². The number of phenols is 1. The van der Waals surface area contributed by atoms with Crippen LogP contribution in [0.4, 0.5) is 0 Å². The lowest BCUT2D eigenvalue weighted by molar-refractivity contribution is 0.171. The zero-order chi connectivity index (χ0) is 9.76. The molecule has 1 heterocycles. The Morgan fingerprint density at radius 3 is 2.79 bits per heavy atom. The van der Waals surface area contributed by atoms with Crippen LogP contribution >= 0.6 is 0 Å². The highest BCUT2D eigenvalue weighted by Gasteiger charge is 2.43. The maximum atomic E-state index is 9.90. The van der Waals surface area contributed by atoms with Gasteiger partial charge >= 0.3 is 0 Å². The molecule has 0 amide bonds. The Morgan fingerprint density at radius 2 is 2.07 bits per heavy atom. The standard InChI is InChI=1S/C10H11NO3/c11-10(3-4-10)6-1-2-7-9(8(6)12)14-5-13-7/h1-2,12H,3-5,11H2. The van der Waals surface area contributed by atoms with Gasteiger partial charge in [-0.05, 0) is 25.0 Å². The maximum absolute atomic E-state index is 9.90. The van der Waals surface area contributed by atoms with E-state index < -0.39 is 0 Å². The summed E-state index contributed by atoms with van der Waals surface area (Å²) in [6, 6.07) is 3.61. The van der Waals surface area contributed by atoms with Crippen LogP contribution in [0.3, 0.4) is 0 Å². The van der Waals surface area contributed by atoms with E-state index in [0.29, 0.717) is 11.5 Å². The van der Waals surface area contributed by atoms with Gasteiger partial charge in [0.1, 0.15) is 0 Å². The van der Waals surface area contributed by atoms with Crippen LogP contribution in [0.2, 0.25) is 0 Å². The molecule has 0 saturated heterocycles. The summed E-state index contributed by atoms with van der Waals surface area (Å²) in [6.07, 6.45) is 1.83. The van der Waals surface area contributed by atoms with E-state index in [2.05, 4.69) is 0 Å². The van der Waals surface area contributed by atoms with Gasteiger partial charge in [-0.25, -0.2) is 0 Å². The van der Waals surface area contributed by atoms with Gasteiger partial charge in [-0.3, -0.25) is 0 Å². The molecule has 74 valence electrons. The normalized spacial score (nSPS) is 20.9. The molecule has 0 atom stereocenters. The number of phenolic OH excluding ortho intramolecular Hbond substituents is 1. The Labute approximate surface area is 81.2 Å². The Balaban J connectivity index is 2.15. The first-order valence-corrected chi connectivity index (χ1v) is 4.62. The van der Waals surface area contributed by atoms with Crippen LogP contribution in [0.1, 0.15) is 18.4 Å². The Hall–Kier alpha value is -1.42. The van der Waals surface area contributed by atoms with Crippen molar-refractivity contribution in [3.8, 4) is 17.2 Å². The third-order valence-electron chi connectivity index (χ3n) is 2.84. The molecular formula is C10H11NO3. The van der Waals surface area contributed by atoms with E-state index in [4.69, 9.17) is 15.2 Å². The summed E-state index contributed by atoms with van der Waals surface area (Å²) in [6.45, 7) is 0.171. The van der Waals surface area contributed by atoms with Crippen LogP contribution in [0, 0.1) is 0 Å². The molecule has 3 N–H and O–H groups in total. The van der Waals surface area contributed by atoms with Crippen molar-refractivity contribution in [1.29, 1.82) is 0 Å². The lowest BCUT2D eigenvalue weighted by atomic mass is 10.0. The molecule has 1 fully saturated rings. The summed E-state index contributed by atoms with van der Waals surface area (Å²) < 4.78 is 10.3. The Morgan fingerprint density at radius 1 is 1.29 bits per heavy atom. The van der Waals surface area contributed by atoms with Crippen molar-refractivity contribution >= 4 is 0 Å². The van der Waals surface area contributed by atoms with Crippen molar-refractivity contribution in [3.05, 3.63) is 17.7 Å². The minimum absolute atomic E-state index is 0.139. The van der Waals surface area contributed by atoms with Crippen LogP contribution in [0.5, 0.6) is 17.2 Å². The second kappa shape index (κ2) is 2.33. The van der Waals surface area contributed by atoms with E-state index in [9.17, 15) is 5.11 Å². The van der Waals surface area contributed by atoms with Crippen LogP contribution in [-0.4, -0.2) is 11.9 Å². The van der Waals surface area contributed by atoms with Gasteiger partial charge in [0, 0.05) is 11.1 Å². The molecule has 1 aliphatic carbocycles. The van der Waals surface area contributed by atoms with Gasteiger partial charge in [0.15, 0.2) is 11.5 Å². The molecule has 0 bridgehead atoms. The van der Waals surface area contributed by atoms with Gasteiger partial charge in [-0.2, -0.15) is 0 Å². The number of ether oxygens (including phenoxy) is 2. The highest BCUT2D eigenvalue weighted by Crippen LogP contribution is 2.52. The average Bonchev–Trinajstić information content (AvgIpc) is 2.75. The summed E-state index contributed by atoms with van der Waals surface area (Å²) in [7, 11) is 0. The van der Waals surface area contributed by atoms with Crippen molar-refractivity contribution in [2.45, 2.75) is 18.4 Å². The van der Waals surface area contributed by atoms with E-state index in [1.807, 2.05) is 6.07 Å². The SMILES string of the molecule is NC1(c2ccc3c(c2O)OCO3)CC1. The van der Waals surface area contributed by atoms with Crippen LogP contribution in [-0.2, 0) is 5.54 Å². The van der Waals surface area contributed by atoms with Crippen molar-refractivity contribution in [1.82, 2.24) is 0 Å². The average molecular weight is 193 g/mol. The minimum atomic E-state index is -0.342. The number of aromatic hydroxyl groups is 1. The summed E-state index contributed by atoms with van der Waals surface area (Å²) in [4.78, 5) is 0. The minimum Gasteiger partial charge on any atom is -0.504 e. The van der Waals surface area contributed by atoms with Gasteiger partial charge in [0.2, 0.25) is 12.5 Å². The maximum Gasteiger partial charge on any atom is 0.231 e. The van der Waals surface area contributed by atoms with Gasteiger partial charge in [0.05, 0.1) is 0 Å². The first kappa shape index (κ1) is 7.94. The van der Waals surface area contributed by atoms with Crippen molar-refractivity contribution in [2.75, 3.05) is 6.79 Å². The molecule has 1 aromatic rings. The molecule has 0 spiro atoms. The number of hydrogen-bond donors (Lipinski definition) is 2. The zero-order valence-electron chi connectivity index (χ0n) is 7.62. The quantitative estimate of drug-likeness (QED) is 0.700. The summed E-state index contributed by atoms with van der Waals surface area (Å²) >= 11 is 0. The van der Waals surface area contributed by atoms with E-state index in [-0.39, 0.29) is 18.1 Å². The third kappa shape index (κ3) is 0.915. The van der Waals surface area contributed by atoms with Gasteiger partial charge < -0.3 is 20.3 Å².